The topological polar surface area (TPSA) is 60.7 Å². The largest absolute Gasteiger partial charge is 0.506 e. The van der Waals surface area contributed by atoms with Crippen LogP contribution in [0.2, 0.25) is 0 Å². The summed E-state index contributed by atoms with van der Waals surface area (Å²) in [6, 6.07) is 3.39. The van der Waals surface area contributed by atoms with E-state index in [9.17, 15) is 10.2 Å². The summed E-state index contributed by atoms with van der Waals surface area (Å²) in [5.74, 6) is -0.0717. The summed E-state index contributed by atoms with van der Waals surface area (Å²) >= 11 is 6.51. The molecule has 16 heavy (non-hydrogen) atoms. The second-order valence-electron chi connectivity index (χ2n) is 3.76. The maximum absolute atomic E-state index is 10.0. The molecule has 0 radical (unpaired) electrons. The average molecular weight is 354 g/mol. The van der Waals surface area contributed by atoms with Crippen molar-refractivity contribution in [2.45, 2.75) is 19.4 Å². The lowest BCUT2D eigenvalue weighted by atomic mass is 9.94. The summed E-state index contributed by atoms with van der Waals surface area (Å²) in [5.41, 5.74) is 0.460. The molecule has 3 N–H and O–H groups in total. The molecule has 0 heterocycles. The smallest absolute Gasteiger partial charge is 0.135 e. The summed E-state index contributed by atoms with van der Waals surface area (Å²) in [7, 11) is 0. The molecule has 0 aliphatic carbocycles. The van der Waals surface area contributed by atoms with Gasteiger partial charge < -0.3 is 15.3 Å². The van der Waals surface area contributed by atoms with Crippen LogP contribution in [0.15, 0.2) is 21.1 Å². The Labute approximate surface area is 111 Å². The van der Waals surface area contributed by atoms with Crippen LogP contribution >= 0.6 is 31.9 Å². The third-order valence-electron chi connectivity index (χ3n) is 2.50. The molecular formula is C11H14Br2O3. The number of halogens is 2. The second-order valence-corrected chi connectivity index (χ2v) is 5.53. The van der Waals surface area contributed by atoms with E-state index in [0.29, 0.717) is 16.5 Å². The number of phenols is 1. The molecule has 0 spiro atoms. The Morgan fingerprint density at radius 3 is 2.50 bits per heavy atom. The Morgan fingerprint density at radius 1 is 1.31 bits per heavy atom. The lowest BCUT2D eigenvalue weighted by Gasteiger charge is -2.20. The van der Waals surface area contributed by atoms with Crippen LogP contribution in [0, 0.1) is 5.92 Å². The molecule has 1 rings (SSSR count). The van der Waals surface area contributed by atoms with Crippen LogP contribution in [0.1, 0.15) is 25.0 Å². The fourth-order valence-corrected chi connectivity index (χ4v) is 2.74. The van der Waals surface area contributed by atoms with Gasteiger partial charge in [-0.2, -0.15) is 0 Å². The van der Waals surface area contributed by atoms with Crippen molar-refractivity contribution in [3.05, 3.63) is 26.6 Å². The molecule has 5 heteroatoms. The van der Waals surface area contributed by atoms with Crippen molar-refractivity contribution >= 4 is 31.9 Å². The summed E-state index contributed by atoms with van der Waals surface area (Å²) < 4.78 is 1.31. The standard InChI is InChI=1S/C11H14Br2O3/c1-6(2-3-14)10(15)8-4-7(12)5-9(13)11(8)16/h4-6,10,14-16H,2-3H2,1H3/t6-,10+/m1/s1. The fraction of sp³-hybridized carbons (Fsp3) is 0.455. The predicted molar refractivity (Wildman–Crippen MR) is 69.3 cm³/mol. The quantitative estimate of drug-likeness (QED) is 0.779. The van der Waals surface area contributed by atoms with Gasteiger partial charge in [0.1, 0.15) is 5.75 Å². The van der Waals surface area contributed by atoms with Gasteiger partial charge in [-0.15, -0.1) is 0 Å². The first-order valence-corrected chi connectivity index (χ1v) is 6.52. The number of aliphatic hydroxyl groups excluding tert-OH is 2. The van der Waals surface area contributed by atoms with Crippen LogP contribution in [-0.4, -0.2) is 21.9 Å². The van der Waals surface area contributed by atoms with Gasteiger partial charge in [0.15, 0.2) is 0 Å². The average Bonchev–Trinajstić information content (AvgIpc) is 2.22. The van der Waals surface area contributed by atoms with E-state index >= 15 is 0 Å². The molecule has 0 aromatic heterocycles. The number of aliphatic hydroxyl groups is 2. The zero-order valence-corrected chi connectivity index (χ0v) is 12.0. The number of hydrogen-bond acceptors (Lipinski definition) is 3. The first-order valence-electron chi connectivity index (χ1n) is 4.94. The Bertz CT molecular complexity index is 368. The number of phenolic OH excluding ortho intramolecular Hbond substituents is 1. The highest BCUT2D eigenvalue weighted by Gasteiger charge is 2.21. The molecule has 0 saturated carbocycles. The van der Waals surface area contributed by atoms with Crippen LogP contribution in [-0.2, 0) is 0 Å². The van der Waals surface area contributed by atoms with Crippen LogP contribution < -0.4 is 0 Å². The van der Waals surface area contributed by atoms with Crippen LogP contribution in [0.4, 0.5) is 0 Å². The van der Waals surface area contributed by atoms with Crippen molar-refractivity contribution in [1.82, 2.24) is 0 Å². The molecule has 2 atom stereocenters. The summed E-state index contributed by atoms with van der Waals surface area (Å²) in [4.78, 5) is 0. The van der Waals surface area contributed by atoms with Crippen molar-refractivity contribution in [2.75, 3.05) is 6.61 Å². The number of aromatic hydroxyl groups is 1. The highest BCUT2D eigenvalue weighted by molar-refractivity contribution is 9.11. The van der Waals surface area contributed by atoms with E-state index in [0.717, 1.165) is 4.47 Å². The van der Waals surface area contributed by atoms with E-state index in [-0.39, 0.29) is 18.3 Å². The van der Waals surface area contributed by atoms with Crippen molar-refractivity contribution in [3.63, 3.8) is 0 Å². The first-order chi connectivity index (χ1) is 7.47. The third-order valence-corrected chi connectivity index (χ3v) is 3.56. The van der Waals surface area contributed by atoms with E-state index in [1.807, 2.05) is 6.92 Å². The van der Waals surface area contributed by atoms with Crippen molar-refractivity contribution < 1.29 is 15.3 Å². The van der Waals surface area contributed by atoms with Crippen LogP contribution in [0.3, 0.4) is 0 Å². The highest BCUT2D eigenvalue weighted by Crippen LogP contribution is 2.38. The van der Waals surface area contributed by atoms with Gasteiger partial charge in [-0.1, -0.05) is 22.9 Å². The SMILES string of the molecule is C[C@H](CCO)[C@H](O)c1cc(Br)cc(Br)c1O. The minimum absolute atomic E-state index is 0.0220. The number of rotatable bonds is 4. The predicted octanol–water partition coefficient (Wildman–Crippen LogP) is 2.97. The maximum Gasteiger partial charge on any atom is 0.135 e. The van der Waals surface area contributed by atoms with Crippen LogP contribution in [0.25, 0.3) is 0 Å². The van der Waals surface area contributed by atoms with E-state index < -0.39 is 6.10 Å². The van der Waals surface area contributed by atoms with Gasteiger partial charge in [0.05, 0.1) is 10.6 Å². The van der Waals surface area contributed by atoms with Gasteiger partial charge in [0.25, 0.3) is 0 Å². The van der Waals surface area contributed by atoms with E-state index in [2.05, 4.69) is 31.9 Å². The molecule has 0 aliphatic heterocycles. The molecule has 0 aliphatic rings. The highest BCUT2D eigenvalue weighted by atomic mass is 79.9. The van der Waals surface area contributed by atoms with Crippen molar-refractivity contribution in [1.29, 1.82) is 0 Å². The molecular weight excluding hydrogens is 340 g/mol. The normalized spacial score (nSPS) is 14.8. The Morgan fingerprint density at radius 2 is 1.94 bits per heavy atom. The Kier molecular flexibility index (Phi) is 5.24. The Hall–Kier alpha value is -0.100. The van der Waals surface area contributed by atoms with Gasteiger partial charge in [0, 0.05) is 16.6 Å². The van der Waals surface area contributed by atoms with Gasteiger partial charge >= 0.3 is 0 Å². The van der Waals surface area contributed by atoms with E-state index in [1.54, 1.807) is 12.1 Å². The van der Waals surface area contributed by atoms with E-state index in [4.69, 9.17) is 5.11 Å². The summed E-state index contributed by atoms with van der Waals surface area (Å²) in [6.07, 6.45) is -0.300. The maximum atomic E-state index is 10.0. The third kappa shape index (κ3) is 3.20. The minimum atomic E-state index is -0.791. The Balaban J connectivity index is 3.03. The first kappa shape index (κ1) is 14.0. The second kappa shape index (κ2) is 6.00. The number of benzene rings is 1. The molecule has 1 aromatic carbocycles. The minimum Gasteiger partial charge on any atom is -0.506 e. The molecule has 1 aromatic rings. The van der Waals surface area contributed by atoms with Gasteiger partial charge in [-0.3, -0.25) is 0 Å². The molecule has 0 bridgehead atoms. The number of hydrogen-bond donors (Lipinski definition) is 3. The van der Waals surface area contributed by atoms with Crippen molar-refractivity contribution in [2.24, 2.45) is 5.92 Å². The molecule has 90 valence electrons. The van der Waals surface area contributed by atoms with E-state index in [1.165, 1.54) is 0 Å². The molecule has 0 saturated heterocycles. The molecule has 0 unspecified atom stereocenters. The lowest BCUT2D eigenvalue weighted by molar-refractivity contribution is 0.0965. The summed E-state index contributed by atoms with van der Waals surface area (Å²) in [5, 5.41) is 28.7. The summed E-state index contributed by atoms with van der Waals surface area (Å²) in [6.45, 7) is 1.85. The lowest BCUT2D eigenvalue weighted by Crippen LogP contribution is -2.11. The van der Waals surface area contributed by atoms with Crippen molar-refractivity contribution in [3.8, 4) is 5.75 Å². The van der Waals surface area contributed by atoms with Gasteiger partial charge in [0.2, 0.25) is 0 Å². The fourth-order valence-electron chi connectivity index (χ4n) is 1.48. The molecule has 0 amide bonds. The van der Waals surface area contributed by atoms with Crippen LogP contribution in [0.5, 0.6) is 5.75 Å². The van der Waals surface area contributed by atoms with Gasteiger partial charge in [-0.25, -0.2) is 0 Å². The molecule has 0 fully saturated rings. The zero-order chi connectivity index (χ0) is 12.3. The zero-order valence-electron chi connectivity index (χ0n) is 8.82. The monoisotopic (exact) mass is 352 g/mol. The molecule has 3 nitrogen and oxygen atoms in total. The van der Waals surface area contributed by atoms with Gasteiger partial charge in [-0.05, 0) is 40.4 Å².